The number of hydrogen-bond donors (Lipinski definition) is 3. The highest BCUT2D eigenvalue weighted by Gasteiger charge is 2.32. The van der Waals surface area contributed by atoms with Gasteiger partial charge in [0.1, 0.15) is 16.5 Å². The first-order valence-electron chi connectivity index (χ1n) is 9.17. The number of benzene rings is 2. The summed E-state index contributed by atoms with van der Waals surface area (Å²) in [6.45, 7) is 0. The van der Waals surface area contributed by atoms with Gasteiger partial charge in [0.2, 0.25) is 0 Å². The number of amides is 2. The second-order valence-electron chi connectivity index (χ2n) is 6.62. The summed E-state index contributed by atoms with van der Waals surface area (Å²) in [7, 11) is 0. The van der Waals surface area contributed by atoms with Crippen molar-refractivity contribution in [1.29, 1.82) is 0 Å². The SMILES string of the molecule is O=C(Nc1sc(-c2ccc(OC(F)(F)F)cc2)cc1C(=O)O)Nc1c(Cl)cc(OC(F)(F)F)cc1Cl. The van der Waals surface area contributed by atoms with Gasteiger partial charge in [0, 0.05) is 17.0 Å². The molecule has 36 heavy (non-hydrogen) atoms. The molecule has 0 aliphatic heterocycles. The first-order valence-corrected chi connectivity index (χ1v) is 10.7. The number of anilines is 2. The van der Waals surface area contributed by atoms with Crippen LogP contribution in [0.1, 0.15) is 10.4 Å². The molecule has 0 bridgehead atoms. The summed E-state index contributed by atoms with van der Waals surface area (Å²) in [5, 5.41) is 13.0. The van der Waals surface area contributed by atoms with E-state index in [-0.39, 0.29) is 21.1 Å². The first-order chi connectivity index (χ1) is 16.6. The van der Waals surface area contributed by atoms with E-state index in [9.17, 15) is 41.0 Å². The molecule has 0 unspecified atom stereocenters. The van der Waals surface area contributed by atoms with Gasteiger partial charge < -0.3 is 19.9 Å². The summed E-state index contributed by atoms with van der Waals surface area (Å²) in [5.74, 6) is -2.64. The van der Waals surface area contributed by atoms with Crippen molar-refractivity contribution in [2.75, 3.05) is 10.6 Å². The van der Waals surface area contributed by atoms with Crippen molar-refractivity contribution >= 4 is 57.2 Å². The first kappa shape index (κ1) is 27.2. The second kappa shape index (κ2) is 10.3. The monoisotopic (exact) mass is 574 g/mol. The highest BCUT2D eigenvalue weighted by atomic mass is 35.5. The number of hydrogen-bond acceptors (Lipinski definition) is 5. The van der Waals surface area contributed by atoms with E-state index in [1.54, 1.807) is 0 Å². The van der Waals surface area contributed by atoms with Crippen LogP contribution in [0.15, 0.2) is 42.5 Å². The largest absolute Gasteiger partial charge is 0.573 e. The topological polar surface area (TPSA) is 96.9 Å². The number of aromatic carboxylic acids is 1. The van der Waals surface area contributed by atoms with Gasteiger partial charge >= 0.3 is 24.7 Å². The van der Waals surface area contributed by atoms with Gasteiger partial charge in [0.25, 0.3) is 0 Å². The number of carboxylic acid groups (broad SMARTS) is 1. The van der Waals surface area contributed by atoms with E-state index in [0.29, 0.717) is 5.56 Å². The number of carbonyl (C=O) groups is 2. The number of urea groups is 1. The third-order valence-corrected chi connectivity index (χ3v) is 5.75. The Morgan fingerprint density at radius 2 is 1.36 bits per heavy atom. The lowest BCUT2D eigenvalue weighted by atomic mass is 10.1. The fraction of sp³-hybridized carbons (Fsp3) is 0.100. The van der Waals surface area contributed by atoms with Crippen molar-refractivity contribution in [1.82, 2.24) is 0 Å². The van der Waals surface area contributed by atoms with Gasteiger partial charge in [0.05, 0.1) is 21.3 Å². The Kier molecular flexibility index (Phi) is 7.81. The molecule has 0 aliphatic carbocycles. The quantitative estimate of drug-likeness (QED) is 0.260. The average Bonchev–Trinajstić information content (AvgIpc) is 3.13. The van der Waals surface area contributed by atoms with Crippen LogP contribution >= 0.6 is 34.5 Å². The zero-order chi connectivity index (χ0) is 26.8. The van der Waals surface area contributed by atoms with Crippen LogP contribution in [0.4, 0.5) is 41.8 Å². The third-order valence-electron chi connectivity index (χ3n) is 4.05. The Labute approximate surface area is 211 Å². The minimum atomic E-state index is -5.01. The van der Waals surface area contributed by atoms with Crippen molar-refractivity contribution in [2.45, 2.75) is 12.7 Å². The summed E-state index contributed by atoms with van der Waals surface area (Å²) in [5.41, 5.74) is -0.289. The predicted octanol–water partition coefficient (Wildman–Crippen LogP) is 7.86. The minimum absolute atomic E-state index is 0.158. The Balaban J connectivity index is 1.79. The molecule has 3 aromatic rings. The van der Waals surface area contributed by atoms with Crippen LogP contribution in [-0.2, 0) is 0 Å². The van der Waals surface area contributed by atoms with Crippen LogP contribution in [0, 0.1) is 0 Å². The van der Waals surface area contributed by atoms with Crippen LogP contribution in [0.3, 0.4) is 0 Å². The molecule has 2 amide bonds. The highest BCUT2D eigenvalue weighted by molar-refractivity contribution is 7.20. The van der Waals surface area contributed by atoms with E-state index in [1.165, 1.54) is 18.2 Å². The van der Waals surface area contributed by atoms with Gasteiger partial charge in [-0.05, 0) is 35.9 Å². The maximum atomic E-state index is 12.4. The second-order valence-corrected chi connectivity index (χ2v) is 8.49. The number of alkyl halides is 6. The maximum Gasteiger partial charge on any atom is 0.573 e. The Hall–Kier alpha value is -3.36. The number of carboxylic acids is 1. The number of carbonyl (C=O) groups excluding carboxylic acids is 1. The molecule has 0 atom stereocenters. The lowest BCUT2D eigenvalue weighted by Gasteiger charge is -2.14. The average molecular weight is 575 g/mol. The molecule has 192 valence electrons. The van der Waals surface area contributed by atoms with Gasteiger partial charge in [-0.15, -0.1) is 37.7 Å². The summed E-state index contributed by atoms with van der Waals surface area (Å²) < 4.78 is 81.6. The molecule has 0 saturated carbocycles. The zero-order valence-corrected chi connectivity index (χ0v) is 19.4. The van der Waals surface area contributed by atoms with Crippen molar-refractivity contribution in [3.05, 3.63) is 58.1 Å². The fourth-order valence-electron chi connectivity index (χ4n) is 2.72. The van der Waals surface area contributed by atoms with Crippen LogP contribution in [0.5, 0.6) is 11.5 Å². The number of halogens is 8. The van der Waals surface area contributed by atoms with Crippen molar-refractivity contribution < 1.29 is 50.5 Å². The number of nitrogens with one attached hydrogen (secondary N) is 2. The van der Waals surface area contributed by atoms with E-state index in [2.05, 4.69) is 20.1 Å². The third kappa shape index (κ3) is 7.32. The molecule has 7 nitrogen and oxygen atoms in total. The lowest BCUT2D eigenvalue weighted by molar-refractivity contribution is -0.275. The fourth-order valence-corrected chi connectivity index (χ4v) is 4.33. The minimum Gasteiger partial charge on any atom is -0.478 e. The molecule has 0 radical (unpaired) electrons. The Morgan fingerprint density at radius 1 is 0.833 bits per heavy atom. The zero-order valence-electron chi connectivity index (χ0n) is 17.1. The molecular weight excluding hydrogens is 565 g/mol. The van der Waals surface area contributed by atoms with Gasteiger partial charge in [-0.3, -0.25) is 5.32 Å². The number of ether oxygens (including phenoxy) is 2. The van der Waals surface area contributed by atoms with Crippen LogP contribution in [0.25, 0.3) is 10.4 Å². The summed E-state index contributed by atoms with van der Waals surface area (Å²) >= 11 is 12.6. The van der Waals surface area contributed by atoms with Gasteiger partial charge in [0.15, 0.2) is 0 Å². The molecule has 0 aliphatic rings. The molecule has 0 saturated heterocycles. The molecule has 2 aromatic carbocycles. The van der Waals surface area contributed by atoms with Crippen LogP contribution in [0.2, 0.25) is 10.0 Å². The standard InChI is InChI=1S/C20H10Cl2F6N2O5S/c21-12-5-10(35-20(26,27)28)6-13(22)15(12)29-18(33)30-16-11(17(31)32)7-14(36-16)8-1-3-9(4-2-8)34-19(23,24)25/h1-7H,(H,31,32)(H2,29,30,33). The van der Waals surface area contributed by atoms with Crippen LogP contribution < -0.4 is 20.1 Å². The molecule has 16 heteroatoms. The molecule has 3 rings (SSSR count). The Morgan fingerprint density at radius 3 is 1.86 bits per heavy atom. The van der Waals surface area contributed by atoms with Gasteiger partial charge in [-0.2, -0.15) is 0 Å². The summed E-state index contributed by atoms with van der Waals surface area (Å²) in [6.07, 6.45) is -9.89. The summed E-state index contributed by atoms with van der Waals surface area (Å²) in [4.78, 5) is 24.3. The van der Waals surface area contributed by atoms with E-state index in [0.717, 1.165) is 35.6 Å². The molecule has 3 N–H and O–H groups in total. The lowest BCUT2D eigenvalue weighted by Crippen LogP contribution is -2.21. The van der Waals surface area contributed by atoms with Gasteiger partial charge in [-0.1, -0.05) is 23.2 Å². The predicted molar refractivity (Wildman–Crippen MR) is 119 cm³/mol. The molecular formula is C20H10Cl2F6N2O5S. The number of thiophene rings is 1. The smallest absolute Gasteiger partial charge is 0.478 e. The molecule has 1 heterocycles. The van der Waals surface area contributed by atoms with E-state index < -0.39 is 46.3 Å². The van der Waals surface area contributed by atoms with E-state index >= 15 is 0 Å². The Bertz CT molecular complexity index is 1270. The highest BCUT2D eigenvalue weighted by Crippen LogP contribution is 2.39. The maximum absolute atomic E-state index is 12.4. The normalized spacial score (nSPS) is 11.7. The van der Waals surface area contributed by atoms with Crippen LogP contribution in [-0.4, -0.2) is 29.8 Å². The van der Waals surface area contributed by atoms with E-state index in [4.69, 9.17) is 23.2 Å². The van der Waals surface area contributed by atoms with Gasteiger partial charge in [-0.25, -0.2) is 9.59 Å². The van der Waals surface area contributed by atoms with E-state index in [1.807, 2.05) is 0 Å². The molecule has 1 aromatic heterocycles. The summed E-state index contributed by atoms with van der Waals surface area (Å²) in [6, 6.07) is 6.24. The van der Waals surface area contributed by atoms with Crippen molar-refractivity contribution in [3.8, 4) is 21.9 Å². The van der Waals surface area contributed by atoms with Crippen molar-refractivity contribution in [3.63, 3.8) is 0 Å². The number of rotatable bonds is 6. The molecule has 0 spiro atoms. The molecule has 0 fully saturated rings. The van der Waals surface area contributed by atoms with Crippen molar-refractivity contribution in [2.24, 2.45) is 0 Å².